The highest BCUT2D eigenvalue weighted by atomic mass is 16.5. The van der Waals surface area contributed by atoms with E-state index >= 15 is 0 Å². The molecule has 1 aromatic rings. The number of rotatable bonds is 8. The molecule has 0 unspecified atom stereocenters. The molecule has 0 aromatic heterocycles. The molecule has 0 heterocycles. The van der Waals surface area contributed by atoms with E-state index in [1.807, 2.05) is 6.92 Å². The van der Waals surface area contributed by atoms with Crippen molar-refractivity contribution in [3.05, 3.63) is 23.7 Å². The molecule has 8 nitrogen and oxygen atoms in total. The number of methoxy groups -OCH3 is 3. The average molecular weight is 335 g/mol. The fraction of sp³-hybridized carbons (Fsp3) is 0.438. The predicted octanol–water partition coefficient (Wildman–Crippen LogP) is 1.68. The number of amides is 1. The molecule has 0 saturated heterocycles. The standard InChI is InChI=1S/C16H21N3O5/c1-5-6-9-19(15(20)14(18-17)16(21)24-4)11-7-8-12(22-2)13(10-11)23-3/h7-8,10H,5-6,9H2,1-4H3. The normalized spacial score (nSPS) is 9.67. The lowest BCUT2D eigenvalue weighted by Gasteiger charge is -2.21. The van der Waals surface area contributed by atoms with Gasteiger partial charge in [-0.1, -0.05) is 13.3 Å². The fourth-order valence-corrected chi connectivity index (χ4v) is 2.05. The molecule has 8 heteroatoms. The van der Waals surface area contributed by atoms with Crippen LogP contribution in [0, 0.1) is 0 Å². The van der Waals surface area contributed by atoms with E-state index in [4.69, 9.17) is 15.0 Å². The molecule has 0 radical (unpaired) electrons. The maximum Gasteiger partial charge on any atom is 0.463 e. The summed E-state index contributed by atoms with van der Waals surface area (Å²) in [5.41, 5.74) is 8.79. The summed E-state index contributed by atoms with van der Waals surface area (Å²) in [6.07, 6.45) is 1.53. The minimum atomic E-state index is -1.01. The van der Waals surface area contributed by atoms with Crippen LogP contribution in [0.5, 0.6) is 11.5 Å². The number of carbonyl (C=O) groups excluding carboxylic acids is 2. The lowest BCUT2D eigenvalue weighted by molar-refractivity contribution is -0.139. The molecular weight excluding hydrogens is 314 g/mol. The summed E-state index contributed by atoms with van der Waals surface area (Å²) in [4.78, 5) is 28.3. The number of esters is 1. The molecule has 1 rings (SSSR count). The number of hydrogen-bond donors (Lipinski definition) is 0. The number of anilines is 1. The molecule has 0 bridgehead atoms. The Bertz CT molecular complexity index is 653. The lowest BCUT2D eigenvalue weighted by atomic mass is 10.2. The highest BCUT2D eigenvalue weighted by Crippen LogP contribution is 2.31. The molecule has 0 spiro atoms. The predicted molar refractivity (Wildman–Crippen MR) is 87.4 cm³/mol. The summed E-state index contributed by atoms with van der Waals surface area (Å²) >= 11 is 0. The Balaban J connectivity index is 3.29. The van der Waals surface area contributed by atoms with Gasteiger partial charge in [0.1, 0.15) is 0 Å². The van der Waals surface area contributed by atoms with E-state index in [1.165, 1.54) is 19.1 Å². The van der Waals surface area contributed by atoms with Crippen molar-refractivity contribution in [2.75, 3.05) is 32.8 Å². The second kappa shape index (κ2) is 9.32. The maximum absolute atomic E-state index is 12.6. The van der Waals surface area contributed by atoms with Crippen molar-refractivity contribution in [1.82, 2.24) is 0 Å². The number of benzene rings is 1. The van der Waals surface area contributed by atoms with Crippen LogP contribution in [0.15, 0.2) is 18.2 Å². The van der Waals surface area contributed by atoms with E-state index in [9.17, 15) is 9.59 Å². The van der Waals surface area contributed by atoms with Crippen LogP contribution in [0.3, 0.4) is 0 Å². The van der Waals surface area contributed by atoms with Crippen molar-refractivity contribution in [1.29, 1.82) is 0 Å². The first kappa shape index (κ1) is 19.2. The molecule has 0 aliphatic heterocycles. The highest BCUT2D eigenvalue weighted by Gasteiger charge is 2.35. The average Bonchev–Trinajstić information content (AvgIpc) is 2.62. The van der Waals surface area contributed by atoms with Gasteiger partial charge < -0.3 is 24.6 Å². The topological polar surface area (TPSA) is 101 Å². The van der Waals surface area contributed by atoms with Crippen LogP contribution in [-0.2, 0) is 14.3 Å². The molecule has 0 aliphatic carbocycles. The van der Waals surface area contributed by atoms with E-state index < -0.39 is 17.6 Å². The first-order chi connectivity index (χ1) is 11.5. The van der Waals surface area contributed by atoms with E-state index in [0.29, 0.717) is 30.2 Å². The molecule has 0 fully saturated rings. The van der Waals surface area contributed by atoms with E-state index in [-0.39, 0.29) is 0 Å². The van der Waals surface area contributed by atoms with Crippen LogP contribution >= 0.6 is 0 Å². The zero-order chi connectivity index (χ0) is 18.1. The molecule has 24 heavy (non-hydrogen) atoms. The van der Waals surface area contributed by atoms with Crippen molar-refractivity contribution < 1.29 is 28.6 Å². The summed E-state index contributed by atoms with van der Waals surface area (Å²) in [6.45, 7) is 2.31. The monoisotopic (exact) mass is 335 g/mol. The van der Waals surface area contributed by atoms with Gasteiger partial charge in [-0.2, -0.15) is 4.79 Å². The van der Waals surface area contributed by atoms with Gasteiger partial charge in [0, 0.05) is 18.3 Å². The second-order valence-corrected chi connectivity index (χ2v) is 4.79. The van der Waals surface area contributed by atoms with Gasteiger partial charge >= 0.3 is 17.6 Å². The van der Waals surface area contributed by atoms with Crippen LogP contribution in [-0.4, -0.2) is 50.3 Å². The summed E-state index contributed by atoms with van der Waals surface area (Å²) in [5, 5.41) is 0. The zero-order valence-electron chi connectivity index (χ0n) is 14.2. The summed E-state index contributed by atoms with van der Waals surface area (Å²) < 4.78 is 14.9. The smallest absolute Gasteiger partial charge is 0.463 e. The molecular formula is C16H21N3O5. The number of unbranched alkanes of at least 4 members (excludes halogenated alkanes) is 1. The second-order valence-electron chi connectivity index (χ2n) is 4.79. The van der Waals surface area contributed by atoms with Crippen molar-refractivity contribution in [2.24, 2.45) is 0 Å². The number of ether oxygens (including phenoxy) is 3. The Hall–Kier alpha value is -2.86. The van der Waals surface area contributed by atoms with Crippen molar-refractivity contribution in [2.45, 2.75) is 19.8 Å². The third-order valence-electron chi connectivity index (χ3n) is 3.34. The molecule has 0 atom stereocenters. The van der Waals surface area contributed by atoms with Crippen LogP contribution in [0.4, 0.5) is 5.69 Å². The molecule has 130 valence electrons. The van der Waals surface area contributed by atoms with Crippen LogP contribution in [0.2, 0.25) is 0 Å². The molecule has 0 saturated carbocycles. The molecule has 0 aliphatic rings. The van der Waals surface area contributed by atoms with Gasteiger partial charge in [-0.3, -0.25) is 4.79 Å². The van der Waals surface area contributed by atoms with Gasteiger partial charge in [-0.15, -0.1) is 0 Å². The minimum absolute atomic E-state index is 0.334. The van der Waals surface area contributed by atoms with Gasteiger partial charge in [0.05, 0.1) is 21.3 Å². The summed E-state index contributed by atoms with van der Waals surface area (Å²) in [5.74, 6) is -0.826. The molecule has 0 N–H and O–H groups in total. The van der Waals surface area contributed by atoms with Gasteiger partial charge in [0.25, 0.3) is 0 Å². The Morgan fingerprint density at radius 2 is 1.83 bits per heavy atom. The Kier molecular flexibility index (Phi) is 7.45. The Morgan fingerprint density at radius 3 is 2.33 bits per heavy atom. The lowest BCUT2D eigenvalue weighted by Crippen LogP contribution is -2.41. The quantitative estimate of drug-likeness (QED) is 0.236. The van der Waals surface area contributed by atoms with Crippen LogP contribution < -0.4 is 14.4 Å². The third-order valence-corrected chi connectivity index (χ3v) is 3.34. The summed E-state index contributed by atoms with van der Waals surface area (Å²) in [6, 6.07) is 4.91. The number of nitrogens with zero attached hydrogens (tertiary/aromatic N) is 3. The summed E-state index contributed by atoms with van der Waals surface area (Å²) in [7, 11) is 4.09. The SMILES string of the molecule is CCCCN(C(=O)C(=[N+]=[N-])C(=O)OC)c1ccc(OC)c(OC)c1. The van der Waals surface area contributed by atoms with Gasteiger partial charge in [-0.05, 0) is 18.6 Å². The van der Waals surface area contributed by atoms with Gasteiger partial charge in [0.2, 0.25) is 0 Å². The number of carbonyl (C=O) groups is 2. The van der Waals surface area contributed by atoms with E-state index in [0.717, 1.165) is 13.5 Å². The maximum atomic E-state index is 12.6. The Morgan fingerprint density at radius 1 is 1.17 bits per heavy atom. The highest BCUT2D eigenvalue weighted by molar-refractivity contribution is 6.64. The van der Waals surface area contributed by atoms with E-state index in [1.54, 1.807) is 18.2 Å². The molecule has 1 aromatic carbocycles. The zero-order valence-corrected chi connectivity index (χ0v) is 14.2. The van der Waals surface area contributed by atoms with Crippen molar-refractivity contribution in [3.8, 4) is 11.5 Å². The first-order valence-corrected chi connectivity index (χ1v) is 7.38. The van der Waals surface area contributed by atoms with Crippen molar-refractivity contribution >= 4 is 23.3 Å². The van der Waals surface area contributed by atoms with Crippen molar-refractivity contribution in [3.63, 3.8) is 0 Å². The fourth-order valence-electron chi connectivity index (χ4n) is 2.05. The number of hydrogen-bond acceptors (Lipinski definition) is 5. The molecule has 1 amide bonds. The minimum Gasteiger partial charge on any atom is -0.493 e. The van der Waals surface area contributed by atoms with Gasteiger partial charge in [0.15, 0.2) is 11.5 Å². The first-order valence-electron chi connectivity index (χ1n) is 7.38. The van der Waals surface area contributed by atoms with Gasteiger partial charge in [-0.25, -0.2) is 4.79 Å². The Labute approximate surface area is 140 Å². The van der Waals surface area contributed by atoms with Crippen LogP contribution in [0.25, 0.3) is 5.53 Å². The van der Waals surface area contributed by atoms with E-state index in [2.05, 4.69) is 9.53 Å². The van der Waals surface area contributed by atoms with Crippen LogP contribution in [0.1, 0.15) is 19.8 Å². The third kappa shape index (κ3) is 4.33. The largest absolute Gasteiger partial charge is 0.493 e.